The van der Waals surface area contributed by atoms with Gasteiger partial charge < -0.3 is 11.5 Å². The molecule has 9 heavy (non-hydrogen) atoms. The van der Waals surface area contributed by atoms with E-state index in [2.05, 4.69) is 11.5 Å². The number of rotatable bonds is 1. The first-order chi connectivity index (χ1) is 4.00. The molecule has 4 N–H and O–H groups in total. The summed E-state index contributed by atoms with van der Waals surface area (Å²) in [5.74, 6) is 0. The van der Waals surface area contributed by atoms with Crippen molar-refractivity contribution in [2.75, 3.05) is 0 Å². The Bertz CT molecular complexity index is 101. The Kier molecular flexibility index (Phi) is 8.90. The van der Waals surface area contributed by atoms with Crippen LogP contribution in [0.15, 0.2) is 0 Å². The van der Waals surface area contributed by atoms with E-state index in [1.54, 1.807) is 6.92 Å². The topological polar surface area (TPSA) is 86.2 Å². The number of amides is 2. The molecule has 0 aliphatic rings. The van der Waals surface area contributed by atoms with E-state index in [4.69, 9.17) is 16.4 Å². The van der Waals surface area contributed by atoms with E-state index in [1.807, 2.05) is 0 Å². The molecule has 2 amide bonds. The maximum atomic E-state index is 9.58. The van der Waals surface area contributed by atoms with Crippen LogP contribution in [0.2, 0.25) is 0 Å². The minimum atomic E-state index is -0.833. The monoisotopic (exact) mass is 152 g/mol. The van der Waals surface area contributed by atoms with Crippen LogP contribution < -0.4 is 11.5 Å². The smallest absolute Gasteiger partial charge is 0.309 e. The Labute approximate surface area is 58.1 Å². The summed E-state index contributed by atoms with van der Waals surface area (Å²) < 4.78 is 0. The van der Waals surface area contributed by atoms with Gasteiger partial charge in [0.25, 0.3) is 0 Å². The lowest BCUT2D eigenvalue weighted by Gasteiger charge is -1.68. The predicted octanol–water partition coefficient (Wildman–Crippen LogP) is 0.186. The second-order valence-electron chi connectivity index (χ2n) is 1.11. The number of primary amides is 2. The molecule has 54 valence electrons. The first-order valence-electron chi connectivity index (χ1n) is 2.24. The summed E-state index contributed by atoms with van der Waals surface area (Å²) in [7, 11) is 0. The summed E-state index contributed by atoms with van der Waals surface area (Å²) in [5.41, 5.74) is 8.50. The van der Waals surface area contributed by atoms with Gasteiger partial charge in [-0.05, 0) is 11.6 Å². The van der Waals surface area contributed by atoms with Crippen LogP contribution in [0.25, 0.3) is 0 Å². The molecule has 0 heterocycles. The summed E-state index contributed by atoms with van der Waals surface area (Å²) in [4.78, 5) is 18.6. The molecule has 0 aromatic carbocycles. The molecule has 0 saturated carbocycles. The number of urea groups is 1. The standard InChI is InChI=1S/C3H5ClO.CH4N2O/c1-2-3(4)5;2-1(3)4/h2H2,1H3;(H4,2,3,4). The van der Waals surface area contributed by atoms with Gasteiger partial charge in [0.2, 0.25) is 5.24 Å². The van der Waals surface area contributed by atoms with Crippen molar-refractivity contribution in [3.8, 4) is 0 Å². The van der Waals surface area contributed by atoms with Gasteiger partial charge in [0.1, 0.15) is 0 Å². The first-order valence-corrected chi connectivity index (χ1v) is 2.61. The van der Waals surface area contributed by atoms with Gasteiger partial charge in [-0.2, -0.15) is 0 Å². The molecule has 5 heteroatoms. The van der Waals surface area contributed by atoms with Gasteiger partial charge >= 0.3 is 6.03 Å². The van der Waals surface area contributed by atoms with Crippen LogP contribution in [0.4, 0.5) is 4.79 Å². The predicted molar refractivity (Wildman–Crippen MR) is 34.9 cm³/mol. The van der Waals surface area contributed by atoms with Crippen LogP contribution in [0, 0.1) is 0 Å². The summed E-state index contributed by atoms with van der Waals surface area (Å²) in [6, 6.07) is -0.833. The van der Waals surface area contributed by atoms with Gasteiger partial charge in [-0.25, -0.2) is 4.79 Å². The number of nitrogens with two attached hydrogens (primary N) is 2. The van der Waals surface area contributed by atoms with Gasteiger partial charge in [-0.1, -0.05) is 6.92 Å². The number of hydrogen-bond donors (Lipinski definition) is 2. The normalized spacial score (nSPS) is 6.89. The van der Waals surface area contributed by atoms with Crippen molar-refractivity contribution >= 4 is 22.9 Å². The van der Waals surface area contributed by atoms with Crippen LogP contribution in [-0.2, 0) is 4.79 Å². The van der Waals surface area contributed by atoms with E-state index in [0.717, 1.165) is 0 Å². The highest BCUT2D eigenvalue weighted by atomic mass is 35.5. The molecular formula is C4H9ClN2O2. The molecule has 0 fully saturated rings. The fourth-order valence-electron chi connectivity index (χ4n) is 0. The van der Waals surface area contributed by atoms with Crippen LogP contribution in [0.3, 0.4) is 0 Å². The Morgan fingerprint density at radius 2 is 1.56 bits per heavy atom. The quantitative estimate of drug-likeness (QED) is 0.526. The van der Waals surface area contributed by atoms with Gasteiger partial charge in [0.15, 0.2) is 0 Å². The van der Waals surface area contributed by atoms with Crippen molar-refractivity contribution in [3.63, 3.8) is 0 Å². The Morgan fingerprint density at radius 3 is 1.56 bits per heavy atom. The van der Waals surface area contributed by atoms with E-state index in [-0.39, 0.29) is 5.24 Å². The van der Waals surface area contributed by atoms with Crippen LogP contribution >= 0.6 is 11.6 Å². The molecule has 0 spiro atoms. The van der Waals surface area contributed by atoms with E-state index >= 15 is 0 Å². The number of hydrogen-bond acceptors (Lipinski definition) is 2. The van der Waals surface area contributed by atoms with E-state index < -0.39 is 6.03 Å². The highest BCUT2D eigenvalue weighted by Gasteiger charge is 1.81. The average Bonchev–Trinajstić information content (AvgIpc) is 1.65. The van der Waals surface area contributed by atoms with Crippen molar-refractivity contribution < 1.29 is 9.59 Å². The largest absolute Gasteiger partial charge is 0.352 e. The zero-order chi connectivity index (χ0) is 7.86. The molecule has 0 bridgehead atoms. The number of carbonyl (C=O) groups excluding carboxylic acids is 2. The first kappa shape index (κ1) is 11.1. The molecule has 4 nitrogen and oxygen atoms in total. The maximum Gasteiger partial charge on any atom is 0.309 e. The molecule has 0 radical (unpaired) electrons. The summed E-state index contributed by atoms with van der Waals surface area (Å²) in [6.07, 6.45) is 0.432. The summed E-state index contributed by atoms with van der Waals surface area (Å²) >= 11 is 4.82. The maximum absolute atomic E-state index is 9.58. The van der Waals surface area contributed by atoms with E-state index in [1.165, 1.54) is 0 Å². The SMILES string of the molecule is CCC(=O)Cl.NC(N)=O. The van der Waals surface area contributed by atoms with Crippen molar-refractivity contribution in [2.24, 2.45) is 11.5 Å². The molecule has 0 unspecified atom stereocenters. The average molecular weight is 153 g/mol. The molecule has 0 aromatic heterocycles. The molecule has 0 aliphatic carbocycles. The second kappa shape index (κ2) is 7.23. The lowest BCUT2D eigenvalue weighted by molar-refractivity contribution is -0.111. The van der Waals surface area contributed by atoms with Crippen molar-refractivity contribution in [1.29, 1.82) is 0 Å². The van der Waals surface area contributed by atoms with E-state index in [0.29, 0.717) is 6.42 Å². The molecule has 0 aromatic rings. The van der Waals surface area contributed by atoms with E-state index in [9.17, 15) is 4.79 Å². The Hall–Kier alpha value is -0.770. The van der Waals surface area contributed by atoms with Gasteiger partial charge in [-0.3, -0.25) is 4.79 Å². The highest BCUT2D eigenvalue weighted by Crippen LogP contribution is 1.81. The molecular weight excluding hydrogens is 144 g/mol. The Morgan fingerprint density at radius 1 is 1.44 bits per heavy atom. The van der Waals surface area contributed by atoms with Crippen molar-refractivity contribution in [1.82, 2.24) is 0 Å². The van der Waals surface area contributed by atoms with Gasteiger partial charge in [0, 0.05) is 6.42 Å². The minimum Gasteiger partial charge on any atom is -0.352 e. The van der Waals surface area contributed by atoms with Crippen molar-refractivity contribution in [2.45, 2.75) is 13.3 Å². The molecule has 0 rings (SSSR count). The van der Waals surface area contributed by atoms with Crippen LogP contribution in [0.1, 0.15) is 13.3 Å². The Balaban J connectivity index is 0. The highest BCUT2D eigenvalue weighted by molar-refractivity contribution is 6.63. The summed E-state index contributed by atoms with van der Waals surface area (Å²) in [5, 5.41) is -0.273. The minimum absolute atomic E-state index is 0.273. The van der Waals surface area contributed by atoms with Crippen LogP contribution in [0.5, 0.6) is 0 Å². The molecule has 0 atom stereocenters. The lowest BCUT2D eigenvalue weighted by Crippen LogP contribution is -2.18. The van der Waals surface area contributed by atoms with Crippen LogP contribution in [-0.4, -0.2) is 11.3 Å². The second-order valence-corrected chi connectivity index (χ2v) is 1.53. The van der Waals surface area contributed by atoms with Gasteiger partial charge in [-0.15, -0.1) is 0 Å². The third-order valence-electron chi connectivity index (χ3n) is 0.278. The fraction of sp³-hybridized carbons (Fsp3) is 0.500. The third-order valence-corrected chi connectivity index (χ3v) is 0.545. The zero-order valence-corrected chi connectivity index (χ0v) is 5.81. The third kappa shape index (κ3) is 131. The molecule has 0 saturated heterocycles. The van der Waals surface area contributed by atoms with Crippen molar-refractivity contribution in [3.05, 3.63) is 0 Å². The van der Waals surface area contributed by atoms with Gasteiger partial charge in [0.05, 0.1) is 0 Å². The fourth-order valence-corrected chi connectivity index (χ4v) is 0. The number of carbonyl (C=O) groups is 2. The zero-order valence-electron chi connectivity index (χ0n) is 5.06. The molecule has 0 aliphatic heterocycles. The summed E-state index contributed by atoms with van der Waals surface area (Å²) in [6.45, 7) is 1.72. The number of halogens is 1. The lowest BCUT2D eigenvalue weighted by atomic mass is 10.6.